The van der Waals surface area contributed by atoms with E-state index in [0.717, 1.165) is 0 Å². The number of benzene rings is 2. The molecule has 0 aliphatic rings. The largest absolute Gasteiger partial charge is 0.392 e. The number of aliphatic hydroxyl groups excluding tert-OH is 1. The third-order valence-corrected chi connectivity index (χ3v) is 3.18. The highest BCUT2D eigenvalue weighted by Crippen LogP contribution is 2.11. The molecule has 0 saturated heterocycles. The van der Waals surface area contributed by atoms with E-state index in [1.54, 1.807) is 0 Å². The third kappa shape index (κ3) is 3.71. The smallest absolute Gasteiger partial charge is 0.0620 e. The summed E-state index contributed by atoms with van der Waals surface area (Å²) in [5.74, 6) is 0. The van der Waals surface area contributed by atoms with Crippen LogP contribution in [-0.2, 0) is 12.8 Å². The Kier molecular flexibility index (Phi) is 4.16. The molecule has 0 saturated carbocycles. The maximum Gasteiger partial charge on any atom is 0.0620 e. The van der Waals surface area contributed by atoms with Crippen molar-refractivity contribution in [3.63, 3.8) is 0 Å². The van der Waals surface area contributed by atoms with Gasteiger partial charge in [-0.25, -0.2) is 0 Å². The maximum atomic E-state index is 10.1. The molecule has 0 radical (unpaired) electrons. The Bertz CT molecular complexity index is 435. The number of hydrogen-bond donors (Lipinski definition) is 1. The van der Waals surface area contributed by atoms with Gasteiger partial charge in [0.2, 0.25) is 0 Å². The molecule has 0 bridgehead atoms. The molecular formula is C17H20O. The lowest BCUT2D eigenvalue weighted by Gasteiger charge is -2.11. The van der Waals surface area contributed by atoms with Gasteiger partial charge in [0, 0.05) is 0 Å². The summed E-state index contributed by atoms with van der Waals surface area (Å²) in [7, 11) is 0. The summed E-state index contributed by atoms with van der Waals surface area (Å²) >= 11 is 0. The van der Waals surface area contributed by atoms with Crippen LogP contribution in [0.1, 0.15) is 22.3 Å². The van der Waals surface area contributed by atoms with Crippen molar-refractivity contribution in [1.82, 2.24) is 0 Å². The summed E-state index contributed by atoms with van der Waals surface area (Å²) in [5.41, 5.74) is 4.90. The van der Waals surface area contributed by atoms with E-state index >= 15 is 0 Å². The molecule has 1 heteroatoms. The molecule has 0 aliphatic heterocycles. The topological polar surface area (TPSA) is 20.2 Å². The van der Waals surface area contributed by atoms with Gasteiger partial charge >= 0.3 is 0 Å². The van der Waals surface area contributed by atoms with Crippen molar-refractivity contribution in [2.45, 2.75) is 32.8 Å². The fraction of sp³-hybridized carbons (Fsp3) is 0.294. The van der Waals surface area contributed by atoms with E-state index in [9.17, 15) is 5.11 Å². The monoisotopic (exact) mass is 240 g/mol. The van der Waals surface area contributed by atoms with Crippen LogP contribution in [0.15, 0.2) is 48.5 Å². The van der Waals surface area contributed by atoms with Crippen molar-refractivity contribution < 1.29 is 5.11 Å². The van der Waals surface area contributed by atoms with E-state index < -0.39 is 0 Å². The second-order valence-electron chi connectivity index (χ2n) is 5.03. The van der Waals surface area contributed by atoms with Crippen LogP contribution in [0.3, 0.4) is 0 Å². The average molecular weight is 240 g/mol. The Hall–Kier alpha value is -1.60. The highest BCUT2D eigenvalue weighted by atomic mass is 16.3. The van der Waals surface area contributed by atoms with Crippen molar-refractivity contribution >= 4 is 0 Å². The molecule has 2 aromatic carbocycles. The zero-order chi connectivity index (χ0) is 13.0. The van der Waals surface area contributed by atoms with Crippen molar-refractivity contribution in [2.24, 2.45) is 0 Å². The first-order chi connectivity index (χ1) is 8.63. The molecule has 0 amide bonds. The Morgan fingerprint density at radius 1 is 0.722 bits per heavy atom. The first-order valence-corrected chi connectivity index (χ1v) is 6.42. The predicted molar refractivity (Wildman–Crippen MR) is 75.8 cm³/mol. The van der Waals surface area contributed by atoms with Crippen LogP contribution < -0.4 is 0 Å². The van der Waals surface area contributed by atoms with Gasteiger partial charge in [-0.2, -0.15) is 0 Å². The molecule has 1 N–H and O–H groups in total. The second-order valence-corrected chi connectivity index (χ2v) is 5.03. The minimum Gasteiger partial charge on any atom is -0.392 e. The zero-order valence-corrected chi connectivity index (χ0v) is 11.1. The summed E-state index contributed by atoms with van der Waals surface area (Å²) in [5, 5.41) is 10.1. The van der Waals surface area contributed by atoms with Gasteiger partial charge < -0.3 is 5.11 Å². The van der Waals surface area contributed by atoms with Crippen molar-refractivity contribution in [2.75, 3.05) is 0 Å². The van der Waals surface area contributed by atoms with Gasteiger partial charge in [-0.3, -0.25) is 0 Å². The molecule has 94 valence electrons. The van der Waals surface area contributed by atoms with Crippen molar-refractivity contribution in [3.05, 3.63) is 70.8 Å². The van der Waals surface area contributed by atoms with E-state index in [0.29, 0.717) is 12.8 Å². The van der Waals surface area contributed by atoms with Gasteiger partial charge in [0.05, 0.1) is 6.10 Å². The Balaban J connectivity index is 1.94. The SMILES string of the molecule is Cc1ccc(CC(O)Cc2ccc(C)cc2)cc1. The van der Waals surface area contributed by atoms with Crippen LogP contribution in [0, 0.1) is 13.8 Å². The van der Waals surface area contributed by atoms with Crippen LogP contribution in [0.4, 0.5) is 0 Å². The molecule has 1 nitrogen and oxygen atoms in total. The van der Waals surface area contributed by atoms with Crippen molar-refractivity contribution in [1.29, 1.82) is 0 Å². The standard InChI is InChI=1S/C17H20O/c1-13-3-7-15(8-4-13)11-17(18)12-16-9-5-14(2)6-10-16/h3-10,17-18H,11-12H2,1-2H3. The Labute approximate surface area is 109 Å². The molecular weight excluding hydrogens is 220 g/mol. The summed E-state index contributed by atoms with van der Waals surface area (Å²) in [6.07, 6.45) is 1.12. The van der Waals surface area contributed by atoms with Crippen LogP contribution >= 0.6 is 0 Å². The molecule has 0 spiro atoms. The maximum absolute atomic E-state index is 10.1. The zero-order valence-electron chi connectivity index (χ0n) is 11.1. The number of aliphatic hydroxyl groups is 1. The molecule has 0 heterocycles. The molecule has 2 aromatic rings. The number of rotatable bonds is 4. The lowest BCUT2D eigenvalue weighted by Crippen LogP contribution is -2.13. The third-order valence-electron chi connectivity index (χ3n) is 3.18. The number of aryl methyl sites for hydroxylation is 2. The predicted octanol–water partition coefficient (Wildman–Crippen LogP) is 3.45. The van der Waals surface area contributed by atoms with Crippen molar-refractivity contribution in [3.8, 4) is 0 Å². The van der Waals surface area contributed by atoms with E-state index in [1.807, 2.05) is 0 Å². The van der Waals surface area contributed by atoms with E-state index in [2.05, 4.69) is 62.4 Å². The van der Waals surface area contributed by atoms with Gasteiger partial charge in [-0.05, 0) is 37.8 Å². The molecule has 0 atom stereocenters. The quantitative estimate of drug-likeness (QED) is 0.868. The summed E-state index contributed by atoms with van der Waals surface area (Å²) in [6.45, 7) is 4.15. The minimum absolute atomic E-state index is 0.310. The molecule has 0 unspecified atom stereocenters. The fourth-order valence-corrected chi connectivity index (χ4v) is 2.06. The first kappa shape index (κ1) is 12.8. The van der Waals surface area contributed by atoms with Gasteiger partial charge in [0.25, 0.3) is 0 Å². The van der Waals surface area contributed by atoms with E-state index in [-0.39, 0.29) is 6.10 Å². The highest BCUT2D eigenvalue weighted by molar-refractivity contribution is 5.24. The van der Waals surface area contributed by atoms with Crippen LogP contribution in [0.5, 0.6) is 0 Å². The molecule has 18 heavy (non-hydrogen) atoms. The molecule has 0 fully saturated rings. The van der Waals surface area contributed by atoms with Gasteiger partial charge in [-0.15, -0.1) is 0 Å². The summed E-state index contributed by atoms with van der Waals surface area (Å²) < 4.78 is 0. The minimum atomic E-state index is -0.310. The Morgan fingerprint density at radius 3 is 1.39 bits per heavy atom. The van der Waals surface area contributed by atoms with E-state index in [1.165, 1.54) is 22.3 Å². The molecule has 2 rings (SSSR count). The van der Waals surface area contributed by atoms with Crippen LogP contribution in [0.2, 0.25) is 0 Å². The van der Waals surface area contributed by atoms with E-state index in [4.69, 9.17) is 0 Å². The highest BCUT2D eigenvalue weighted by Gasteiger charge is 2.06. The van der Waals surface area contributed by atoms with Crippen LogP contribution in [-0.4, -0.2) is 11.2 Å². The lowest BCUT2D eigenvalue weighted by molar-refractivity contribution is 0.175. The fourth-order valence-electron chi connectivity index (χ4n) is 2.06. The number of hydrogen-bond acceptors (Lipinski definition) is 1. The molecule has 0 aliphatic carbocycles. The van der Waals surface area contributed by atoms with Gasteiger partial charge in [-0.1, -0.05) is 59.7 Å². The molecule has 0 aromatic heterocycles. The lowest BCUT2D eigenvalue weighted by atomic mass is 10.00. The van der Waals surface area contributed by atoms with Crippen LogP contribution in [0.25, 0.3) is 0 Å². The summed E-state index contributed by atoms with van der Waals surface area (Å²) in [4.78, 5) is 0. The Morgan fingerprint density at radius 2 is 1.06 bits per heavy atom. The van der Waals surface area contributed by atoms with Gasteiger partial charge in [0.15, 0.2) is 0 Å². The van der Waals surface area contributed by atoms with Gasteiger partial charge in [0.1, 0.15) is 0 Å². The average Bonchev–Trinajstić information content (AvgIpc) is 2.35. The second kappa shape index (κ2) is 5.83. The normalized spacial score (nSPS) is 10.9. The first-order valence-electron chi connectivity index (χ1n) is 6.42. The summed E-state index contributed by atoms with van der Waals surface area (Å²) in [6, 6.07) is 16.7.